The molecule has 1 aromatic carbocycles. The first-order chi connectivity index (χ1) is 9.45. The molecule has 1 atom stereocenters. The van der Waals surface area contributed by atoms with Crippen LogP contribution < -0.4 is 10.1 Å². The highest BCUT2D eigenvalue weighted by Gasteiger charge is 2.17. The van der Waals surface area contributed by atoms with Crippen LogP contribution in [-0.4, -0.2) is 37.2 Å². The molecule has 3 nitrogen and oxygen atoms in total. The van der Waals surface area contributed by atoms with Gasteiger partial charge in [0.15, 0.2) is 0 Å². The second-order valence-electron chi connectivity index (χ2n) is 5.53. The zero-order valence-electron chi connectivity index (χ0n) is 12.2. The number of piperazine rings is 1. The van der Waals surface area contributed by atoms with Crippen molar-refractivity contribution in [1.82, 2.24) is 10.2 Å². The van der Waals surface area contributed by atoms with Gasteiger partial charge >= 0.3 is 6.61 Å². The second-order valence-corrected chi connectivity index (χ2v) is 5.53. The number of alkyl halides is 2. The minimum Gasteiger partial charge on any atom is -0.434 e. The standard InChI is InChI=1S/C15H22F2N2O/c1-10-6-13(7-11(2)14(10)20-15(16)17)9-19-5-4-18-12(3)8-19/h6-7,12,15,18H,4-5,8-9H2,1-3H3. The fourth-order valence-corrected chi connectivity index (χ4v) is 2.82. The van der Waals surface area contributed by atoms with Crippen LogP contribution in [0, 0.1) is 13.8 Å². The summed E-state index contributed by atoms with van der Waals surface area (Å²) in [6.45, 7) is 6.89. The van der Waals surface area contributed by atoms with Gasteiger partial charge in [0, 0.05) is 32.2 Å². The third kappa shape index (κ3) is 3.90. The normalized spacial score (nSPS) is 20.4. The van der Waals surface area contributed by atoms with Crippen molar-refractivity contribution in [2.75, 3.05) is 19.6 Å². The van der Waals surface area contributed by atoms with E-state index in [1.807, 2.05) is 26.0 Å². The highest BCUT2D eigenvalue weighted by molar-refractivity contribution is 5.43. The Morgan fingerprint density at radius 1 is 1.35 bits per heavy atom. The fourth-order valence-electron chi connectivity index (χ4n) is 2.82. The molecule has 1 saturated heterocycles. The van der Waals surface area contributed by atoms with E-state index in [9.17, 15) is 8.78 Å². The van der Waals surface area contributed by atoms with E-state index < -0.39 is 6.61 Å². The highest BCUT2D eigenvalue weighted by Crippen LogP contribution is 2.27. The van der Waals surface area contributed by atoms with Crippen molar-refractivity contribution in [3.8, 4) is 5.75 Å². The maximum Gasteiger partial charge on any atom is 0.387 e. The molecule has 112 valence electrons. The zero-order valence-corrected chi connectivity index (χ0v) is 12.2. The van der Waals surface area contributed by atoms with Crippen LogP contribution in [0.5, 0.6) is 5.75 Å². The van der Waals surface area contributed by atoms with Gasteiger partial charge in [0.05, 0.1) is 0 Å². The molecule has 0 saturated carbocycles. The van der Waals surface area contributed by atoms with Crippen LogP contribution in [0.4, 0.5) is 8.78 Å². The van der Waals surface area contributed by atoms with Gasteiger partial charge in [-0.1, -0.05) is 12.1 Å². The molecule has 0 aromatic heterocycles. The van der Waals surface area contributed by atoms with E-state index in [1.165, 1.54) is 0 Å². The molecule has 0 spiro atoms. The molecule has 0 amide bonds. The molecule has 1 N–H and O–H groups in total. The van der Waals surface area contributed by atoms with Gasteiger partial charge in [0.2, 0.25) is 0 Å². The summed E-state index contributed by atoms with van der Waals surface area (Å²) in [6.07, 6.45) is 0. The van der Waals surface area contributed by atoms with E-state index in [0.29, 0.717) is 11.8 Å². The van der Waals surface area contributed by atoms with E-state index in [-0.39, 0.29) is 0 Å². The maximum atomic E-state index is 12.4. The minimum atomic E-state index is -2.77. The fraction of sp³-hybridized carbons (Fsp3) is 0.600. The average Bonchev–Trinajstić information content (AvgIpc) is 2.33. The molecule has 1 unspecified atom stereocenters. The Balaban J connectivity index is 2.09. The molecule has 1 fully saturated rings. The lowest BCUT2D eigenvalue weighted by Gasteiger charge is -2.32. The number of ether oxygens (including phenoxy) is 1. The van der Waals surface area contributed by atoms with Crippen LogP contribution in [0.15, 0.2) is 12.1 Å². The average molecular weight is 284 g/mol. The topological polar surface area (TPSA) is 24.5 Å². The van der Waals surface area contributed by atoms with E-state index >= 15 is 0 Å². The van der Waals surface area contributed by atoms with Crippen molar-refractivity contribution < 1.29 is 13.5 Å². The van der Waals surface area contributed by atoms with Crippen molar-refractivity contribution in [2.24, 2.45) is 0 Å². The largest absolute Gasteiger partial charge is 0.434 e. The molecule has 0 bridgehead atoms. The SMILES string of the molecule is Cc1cc(CN2CCNC(C)C2)cc(C)c1OC(F)F. The Morgan fingerprint density at radius 3 is 2.55 bits per heavy atom. The Kier molecular flexibility index (Phi) is 4.94. The monoisotopic (exact) mass is 284 g/mol. The van der Waals surface area contributed by atoms with Crippen molar-refractivity contribution in [2.45, 2.75) is 40.0 Å². The number of nitrogens with one attached hydrogen (secondary N) is 1. The molecule has 2 rings (SSSR count). The van der Waals surface area contributed by atoms with Gasteiger partial charge in [0.25, 0.3) is 0 Å². The van der Waals surface area contributed by atoms with E-state index in [1.54, 1.807) is 0 Å². The van der Waals surface area contributed by atoms with Crippen molar-refractivity contribution >= 4 is 0 Å². The third-order valence-electron chi connectivity index (χ3n) is 3.59. The first-order valence-electron chi connectivity index (χ1n) is 6.96. The summed E-state index contributed by atoms with van der Waals surface area (Å²) in [5.74, 6) is 0.303. The Bertz CT molecular complexity index is 442. The Hall–Kier alpha value is -1.20. The van der Waals surface area contributed by atoms with Crippen molar-refractivity contribution in [1.29, 1.82) is 0 Å². The van der Waals surface area contributed by atoms with E-state index in [0.717, 1.165) is 42.9 Å². The molecule has 0 radical (unpaired) electrons. The number of nitrogens with zero attached hydrogens (tertiary/aromatic N) is 1. The molecule has 1 heterocycles. The summed E-state index contributed by atoms with van der Waals surface area (Å²) >= 11 is 0. The summed E-state index contributed by atoms with van der Waals surface area (Å²) < 4.78 is 29.3. The summed E-state index contributed by atoms with van der Waals surface area (Å²) in [5, 5.41) is 3.41. The van der Waals surface area contributed by atoms with E-state index in [2.05, 4.69) is 21.9 Å². The molecule has 1 aromatic rings. The lowest BCUT2D eigenvalue weighted by atomic mass is 10.0. The summed E-state index contributed by atoms with van der Waals surface area (Å²) in [6, 6.07) is 4.38. The Morgan fingerprint density at radius 2 is 2.00 bits per heavy atom. The smallest absolute Gasteiger partial charge is 0.387 e. The highest BCUT2D eigenvalue weighted by atomic mass is 19.3. The summed E-state index contributed by atoms with van der Waals surface area (Å²) in [5.41, 5.74) is 2.68. The van der Waals surface area contributed by atoms with Crippen molar-refractivity contribution in [3.05, 3.63) is 28.8 Å². The van der Waals surface area contributed by atoms with E-state index in [4.69, 9.17) is 0 Å². The second kappa shape index (κ2) is 6.50. The minimum absolute atomic E-state index is 0.303. The molecular weight excluding hydrogens is 262 g/mol. The molecule has 1 aliphatic rings. The van der Waals surface area contributed by atoms with Gasteiger partial charge in [-0.05, 0) is 37.5 Å². The van der Waals surface area contributed by atoms with Crippen LogP contribution in [0.3, 0.4) is 0 Å². The number of aryl methyl sites for hydroxylation is 2. The summed E-state index contributed by atoms with van der Waals surface area (Å²) in [4.78, 5) is 2.38. The lowest BCUT2D eigenvalue weighted by Crippen LogP contribution is -2.48. The Labute approximate surface area is 118 Å². The van der Waals surface area contributed by atoms with Gasteiger partial charge in [-0.25, -0.2) is 0 Å². The molecule has 5 heteroatoms. The first kappa shape index (κ1) is 15.2. The predicted molar refractivity (Wildman–Crippen MR) is 75.3 cm³/mol. The van der Waals surface area contributed by atoms with Gasteiger partial charge < -0.3 is 10.1 Å². The number of benzene rings is 1. The zero-order chi connectivity index (χ0) is 14.7. The number of halogens is 2. The van der Waals surface area contributed by atoms with Gasteiger partial charge in [-0.3, -0.25) is 4.90 Å². The van der Waals surface area contributed by atoms with Gasteiger partial charge in [-0.2, -0.15) is 8.78 Å². The van der Waals surface area contributed by atoms with Crippen LogP contribution >= 0.6 is 0 Å². The van der Waals surface area contributed by atoms with Crippen molar-refractivity contribution in [3.63, 3.8) is 0 Å². The number of hydrogen-bond acceptors (Lipinski definition) is 3. The number of rotatable bonds is 4. The van der Waals surface area contributed by atoms with Crippen LogP contribution in [0.25, 0.3) is 0 Å². The maximum absolute atomic E-state index is 12.4. The van der Waals surface area contributed by atoms with Gasteiger partial charge in [-0.15, -0.1) is 0 Å². The molecule has 20 heavy (non-hydrogen) atoms. The number of hydrogen-bond donors (Lipinski definition) is 1. The first-order valence-corrected chi connectivity index (χ1v) is 6.96. The van der Waals surface area contributed by atoms with Gasteiger partial charge in [0.1, 0.15) is 5.75 Å². The molecular formula is C15H22F2N2O. The predicted octanol–water partition coefficient (Wildman–Crippen LogP) is 2.70. The molecule has 1 aliphatic heterocycles. The summed E-state index contributed by atoms with van der Waals surface area (Å²) in [7, 11) is 0. The quantitative estimate of drug-likeness (QED) is 0.920. The van der Waals surface area contributed by atoms with Crippen LogP contribution in [0.1, 0.15) is 23.6 Å². The lowest BCUT2D eigenvalue weighted by molar-refractivity contribution is -0.0507. The van der Waals surface area contributed by atoms with Crippen LogP contribution in [-0.2, 0) is 6.54 Å². The molecule has 0 aliphatic carbocycles. The third-order valence-corrected chi connectivity index (χ3v) is 3.59. The van der Waals surface area contributed by atoms with Crippen LogP contribution in [0.2, 0.25) is 0 Å².